The number of thiophene rings is 1. The first-order valence-electron chi connectivity index (χ1n) is 9.67. The van der Waals surface area contributed by atoms with Gasteiger partial charge in [-0.2, -0.15) is 0 Å². The molecule has 7 heteroatoms. The molecule has 26 heavy (non-hydrogen) atoms. The number of carbonyl (C=O) groups is 2. The van der Waals surface area contributed by atoms with Gasteiger partial charge in [0.2, 0.25) is 5.91 Å². The molecule has 1 aromatic heterocycles. The molecule has 0 aliphatic carbocycles. The third-order valence-corrected chi connectivity index (χ3v) is 6.93. The van der Waals surface area contributed by atoms with Gasteiger partial charge in [-0.1, -0.05) is 6.92 Å². The first kappa shape index (κ1) is 17.9. The van der Waals surface area contributed by atoms with E-state index in [-0.39, 0.29) is 24.0 Å². The summed E-state index contributed by atoms with van der Waals surface area (Å²) in [6.45, 7) is 7.49. The number of nitrogens with one attached hydrogen (secondary N) is 1. The molecule has 3 aliphatic rings. The van der Waals surface area contributed by atoms with Gasteiger partial charge in [0.05, 0.1) is 23.6 Å². The molecule has 0 atom stereocenters. The van der Waals surface area contributed by atoms with Gasteiger partial charge < -0.3 is 19.9 Å². The highest BCUT2D eigenvalue weighted by Gasteiger charge is 2.42. The molecular weight excluding hydrogens is 350 g/mol. The fourth-order valence-corrected chi connectivity index (χ4v) is 5.56. The van der Waals surface area contributed by atoms with Crippen molar-refractivity contribution in [1.82, 2.24) is 15.1 Å². The summed E-state index contributed by atoms with van der Waals surface area (Å²) in [6.07, 6.45) is 4.06. The lowest BCUT2D eigenvalue weighted by Gasteiger charge is -2.44. The van der Waals surface area contributed by atoms with E-state index >= 15 is 0 Å². The predicted molar refractivity (Wildman–Crippen MR) is 101 cm³/mol. The Morgan fingerprint density at radius 2 is 2.15 bits per heavy atom. The van der Waals surface area contributed by atoms with Gasteiger partial charge in [-0.25, -0.2) is 0 Å². The Balaban J connectivity index is 1.54. The van der Waals surface area contributed by atoms with E-state index in [2.05, 4.69) is 23.2 Å². The minimum absolute atomic E-state index is 0.0159. The van der Waals surface area contributed by atoms with Crippen molar-refractivity contribution in [3.63, 3.8) is 0 Å². The van der Waals surface area contributed by atoms with Crippen molar-refractivity contribution < 1.29 is 14.3 Å². The van der Waals surface area contributed by atoms with Crippen molar-refractivity contribution in [2.45, 2.75) is 38.2 Å². The van der Waals surface area contributed by atoms with Crippen molar-refractivity contribution in [3.8, 4) is 0 Å². The summed E-state index contributed by atoms with van der Waals surface area (Å²) in [6, 6.07) is 2.06. The maximum absolute atomic E-state index is 12.9. The van der Waals surface area contributed by atoms with E-state index in [4.69, 9.17) is 4.74 Å². The van der Waals surface area contributed by atoms with Crippen LogP contribution in [-0.4, -0.2) is 67.5 Å². The molecule has 0 unspecified atom stereocenters. The number of hydrogen-bond acceptors (Lipinski definition) is 5. The average Bonchev–Trinajstić information content (AvgIpc) is 3.09. The normalized spacial score (nSPS) is 23.0. The van der Waals surface area contributed by atoms with Crippen LogP contribution in [0, 0.1) is 0 Å². The van der Waals surface area contributed by atoms with Gasteiger partial charge in [-0.05, 0) is 37.4 Å². The molecule has 3 aliphatic heterocycles. The number of nitrogens with zero attached hydrogens (tertiary/aromatic N) is 2. The summed E-state index contributed by atoms with van der Waals surface area (Å²) in [5, 5.41) is 2.77. The van der Waals surface area contributed by atoms with Crippen LogP contribution < -0.4 is 5.32 Å². The van der Waals surface area contributed by atoms with Crippen molar-refractivity contribution >= 4 is 23.2 Å². The van der Waals surface area contributed by atoms with Crippen molar-refractivity contribution in [1.29, 1.82) is 0 Å². The third kappa shape index (κ3) is 3.28. The number of amides is 2. The first-order chi connectivity index (χ1) is 12.6. The molecule has 2 fully saturated rings. The Morgan fingerprint density at radius 3 is 2.88 bits per heavy atom. The number of carbonyl (C=O) groups excluding carboxylic acids is 2. The molecular formula is C19H27N3O3S. The van der Waals surface area contributed by atoms with E-state index in [1.54, 1.807) is 16.2 Å². The largest absolute Gasteiger partial charge is 0.370 e. The lowest BCUT2D eigenvalue weighted by atomic mass is 9.82. The zero-order valence-corrected chi connectivity index (χ0v) is 16.2. The van der Waals surface area contributed by atoms with Crippen LogP contribution in [0.2, 0.25) is 0 Å². The number of piperazine rings is 1. The van der Waals surface area contributed by atoms with Gasteiger partial charge in [0.15, 0.2) is 0 Å². The highest BCUT2D eigenvalue weighted by Crippen LogP contribution is 2.44. The monoisotopic (exact) mass is 377 g/mol. The van der Waals surface area contributed by atoms with Crippen LogP contribution in [0.1, 0.15) is 46.3 Å². The summed E-state index contributed by atoms with van der Waals surface area (Å²) in [5.74, 6) is -0.0909. The van der Waals surface area contributed by atoms with E-state index in [1.807, 2.05) is 0 Å². The molecule has 2 amide bonds. The number of piperidine rings is 1. The molecule has 6 nitrogen and oxygen atoms in total. The fraction of sp³-hybridized carbons (Fsp3) is 0.684. The van der Waals surface area contributed by atoms with Gasteiger partial charge in [0.1, 0.15) is 0 Å². The maximum atomic E-state index is 12.9. The molecule has 0 bridgehead atoms. The third-order valence-electron chi connectivity index (χ3n) is 5.75. The highest BCUT2D eigenvalue weighted by molar-refractivity contribution is 7.14. The van der Waals surface area contributed by atoms with E-state index in [1.165, 1.54) is 16.9 Å². The van der Waals surface area contributed by atoms with Crippen LogP contribution in [-0.2, 0) is 21.6 Å². The molecule has 4 rings (SSSR count). The van der Waals surface area contributed by atoms with Crippen LogP contribution in [0.15, 0.2) is 6.07 Å². The molecule has 1 spiro atoms. The lowest BCUT2D eigenvalue weighted by molar-refractivity contribution is -0.123. The zero-order chi connectivity index (χ0) is 18.1. The summed E-state index contributed by atoms with van der Waals surface area (Å²) in [5.41, 5.74) is 1.02. The molecule has 1 aromatic rings. The molecule has 1 N–H and O–H groups in total. The second kappa shape index (κ2) is 7.29. The Morgan fingerprint density at radius 1 is 1.35 bits per heavy atom. The molecule has 142 valence electrons. The van der Waals surface area contributed by atoms with Crippen LogP contribution in [0.4, 0.5) is 0 Å². The molecule has 4 heterocycles. The SMILES string of the molecule is CCCN1CCC2(CC1)OCCc1sc(C(=O)N3CCNC(=O)C3)cc12. The number of rotatable bonds is 3. The van der Waals surface area contributed by atoms with Gasteiger partial charge in [0.25, 0.3) is 5.91 Å². The predicted octanol–water partition coefficient (Wildman–Crippen LogP) is 1.59. The number of fused-ring (bicyclic) bond motifs is 2. The summed E-state index contributed by atoms with van der Waals surface area (Å²) in [7, 11) is 0. The topological polar surface area (TPSA) is 61.9 Å². The Bertz CT molecular complexity index is 694. The molecule has 0 saturated carbocycles. The second-order valence-electron chi connectivity index (χ2n) is 7.46. The highest BCUT2D eigenvalue weighted by atomic mass is 32.1. The number of hydrogen-bond donors (Lipinski definition) is 1. The van der Waals surface area contributed by atoms with Crippen LogP contribution in [0.25, 0.3) is 0 Å². The van der Waals surface area contributed by atoms with E-state index in [0.717, 1.165) is 50.4 Å². The number of likely N-dealkylation sites (tertiary alicyclic amines) is 1. The second-order valence-corrected chi connectivity index (χ2v) is 8.60. The molecule has 2 saturated heterocycles. The van der Waals surface area contributed by atoms with Crippen molar-refractivity contribution in [2.75, 3.05) is 45.9 Å². The summed E-state index contributed by atoms with van der Waals surface area (Å²) >= 11 is 1.60. The number of ether oxygens (including phenoxy) is 1. The van der Waals surface area contributed by atoms with Gasteiger partial charge in [-0.3, -0.25) is 9.59 Å². The van der Waals surface area contributed by atoms with Gasteiger partial charge >= 0.3 is 0 Å². The summed E-state index contributed by atoms with van der Waals surface area (Å²) in [4.78, 5) is 30.7. The molecule has 0 aromatic carbocycles. The van der Waals surface area contributed by atoms with Crippen LogP contribution in [0.5, 0.6) is 0 Å². The van der Waals surface area contributed by atoms with Crippen molar-refractivity contribution in [2.24, 2.45) is 0 Å². The van der Waals surface area contributed by atoms with E-state index < -0.39 is 0 Å². The zero-order valence-electron chi connectivity index (χ0n) is 15.4. The van der Waals surface area contributed by atoms with Gasteiger partial charge in [-0.15, -0.1) is 11.3 Å². The van der Waals surface area contributed by atoms with Crippen LogP contribution >= 0.6 is 11.3 Å². The fourth-order valence-electron chi connectivity index (χ4n) is 4.36. The average molecular weight is 378 g/mol. The first-order valence-corrected chi connectivity index (χ1v) is 10.5. The van der Waals surface area contributed by atoms with Crippen LogP contribution in [0.3, 0.4) is 0 Å². The Kier molecular flexibility index (Phi) is 5.03. The standard InChI is InChI=1S/C19H27N3O3S/c1-2-7-21-8-4-19(5-9-21)14-12-16(26-15(14)3-11-25-19)18(24)22-10-6-20-17(23)13-22/h12H,2-11,13H2,1H3,(H,20,23). The molecule has 0 radical (unpaired) electrons. The maximum Gasteiger partial charge on any atom is 0.264 e. The Labute approximate surface area is 158 Å². The lowest BCUT2D eigenvalue weighted by Crippen LogP contribution is -2.49. The van der Waals surface area contributed by atoms with E-state index in [9.17, 15) is 9.59 Å². The summed E-state index contributed by atoms with van der Waals surface area (Å²) < 4.78 is 6.31. The minimum Gasteiger partial charge on any atom is -0.370 e. The smallest absolute Gasteiger partial charge is 0.264 e. The van der Waals surface area contributed by atoms with Crippen molar-refractivity contribution in [3.05, 3.63) is 21.4 Å². The van der Waals surface area contributed by atoms with E-state index in [0.29, 0.717) is 13.1 Å². The minimum atomic E-state index is -0.216. The Hall–Kier alpha value is -1.44. The van der Waals surface area contributed by atoms with Gasteiger partial charge in [0, 0.05) is 37.5 Å². The quantitative estimate of drug-likeness (QED) is 0.869.